The Labute approximate surface area is 186 Å². The highest BCUT2D eigenvalue weighted by Crippen LogP contribution is 2.35. The lowest BCUT2D eigenvalue weighted by Crippen LogP contribution is -2.54. The number of anilines is 1. The summed E-state index contributed by atoms with van der Waals surface area (Å²) in [6, 6.07) is 11.4. The quantitative estimate of drug-likeness (QED) is 0.633. The Kier molecular flexibility index (Phi) is 5.35. The zero-order valence-corrected chi connectivity index (χ0v) is 18.3. The average molecular weight is 434 g/mol. The minimum Gasteiger partial charge on any atom is -0.476 e. The maximum Gasteiger partial charge on any atom is 0.265 e. The second-order valence-corrected chi connectivity index (χ2v) is 8.34. The number of benzene rings is 2. The predicted octanol–water partition coefficient (Wildman–Crippen LogP) is 3.25. The van der Waals surface area contributed by atoms with Gasteiger partial charge in [0, 0.05) is 24.0 Å². The van der Waals surface area contributed by atoms with Gasteiger partial charge in [-0.25, -0.2) is 0 Å². The number of hydrogen-bond donors (Lipinski definition) is 0. The number of amides is 2. The van der Waals surface area contributed by atoms with Crippen molar-refractivity contribution in [2.24, 2.45) is 0 Å². The lowest BCUT2D eigenvalue weighted by atomic mass is 10.0. The van der Waals surface area contributed by atoms with Crippen LogP contribution >= 0.6 is 0 Å². The van der Waals surface area contributed by atoms with Crippen molar-refractivity contribution in [3.8, 4) is 5.75 Å². The SMILES string of the molecule is Cc1ccc2c(CC(=O)N3CC(C(=O)N4CCOCC4)Oc4ccccc43)coc2c1C. The van der Waals surface area contributed by atoms with Gasteiger partial charge in [0.2, 0.25) is 5.91 Å². The van der Waals surface area contributed by atoms with E-state index in [1.165, 1.54) is 0 Å². The summed E-state index contributed by atoms with van der Waals surface area (Å²) in [5, 5.41) is 0.948. The fourth-order valence-corrected chi connectivity index (χ4v) is 4.37. The molecule has 2 aliphatic heterocycles. The monoisotopic (exact) mass is 434 g/mol. The molecule has 1 unspecified atom stereocenters. The first-order valence-corrected chi connectivity index (χ1v) is 10.9. The summed E-state index contributed by atoms with van der Waals surface area (Å²) in [6.07, 6.45) is 1.11. The molecule has 2 aliphatic rings. The van der Waals surface area contributed by atoms with E-state index >= 15 is 0 Å². The minimum absolute atomic E-state index is 0.0959. The molecule has 1 saturated heterocycles. The molecule has 0 saturated carbocycles. The molecule has 7 nitrogen and oxygen atoms in total. The Hall–Kier alpha value is -3.32. The molecule has 1 fully saturated rings. The van der Waals surface area contributed by atoms with Crippen molar-refractivity contribution in [3.63, 3.8) is 0 Å². The van der Waals surface area contributed by atoms with Crippen molar-refractivity contribution in [3.05, 3.63) is 59.4 Å². The Morgan fingerprint density at radius 2 is 1.84 bits per heavy atom. The lowest BCUT2D eigenvalue weighted by Gasteiger charge is -2.37. The predicted molar refractivity (Wildman–Crippen MR) is 120 cm³/mol. The number of nitrogens with zero attached hydrogens (tertiary/aromatic N) is 2. The molecule has 2 aromatic carbocycles. The van der Waals surface area contributed by atoms with Crippen molar-refractivity contribution in [2.75, 3.05) is 37.7 Å². The Balaban J connectivity index is 1.42. The molecule has 7 heteroatoms. The van der Waals surface area contributed by atoms with Crippen LogP contribution in [0.2, 0.25) is 0 Å². The highest BCUT2D eigenvalue weighted by Gasteiger charge is 2.36. The molecule has 0 spiro atoms. The largest absolute Gasteiger partial charge is 0.476 e. The van der Waals surface area contributed by atoms with Gasteiger partial charge in [-0.05, 0) is 37.1 Å². The second kappa shape index (κ2) is 8.31. The zero-order valence-electron chi connectivity index (χ0n) is 18.3. The van der Waals surface area contributed by atoms with Crippen LogP contribution in [0.3, 0.4) is 0 Å². The summed E-state index contributed by atoms with van der Waals surface area (Å²) in [7, 11) is 0. The number of rotatable bonds is 3. The minimum atomic E-state index is -0.738. The number of carbonyl (C=O) groups excluding carboxylic acids is 2. The maximum absolute atomic E-state index is 13.5. The van der Waals surface area contributed by atoms with Crippen molar-refractivity contribution >= 4 is 28.5 Å². The molecule has 5 rings (SSSR count). The molecule has 2 amide bonds. The van der Waals surface area contributed by atoms with Crippen LogP contribution in [0.5, 0.6) is 5.75 Å². The number of furan rings is 1. The van der Waals surface area contributed by atoms with E-state index in [1.54, 1.807) is 22.1 Å². The molecule has 0 radical (unpaired) electrons. The van der Waals surface area contributed by atoms with Crippen LogP contribution in [0.25, 0.3) is 11.0 Å². The molecule has 0 aliphatic carbocycles. The highest BCUT2D eigenvalue weighted by atomic mass is 16.5. The smallest absolute Gasteiger partial charge is 0.265 e. The number of para-hydroxylation sites is 2. The first-order valence-electron chi connectivity index (χ1n) is 10.9. The standard InChI is InChI=1S/C25H26N2O5/c1-16-7-8-19-18(15-31-24(19)17(16)2)13-23(28)27-14-22(25(29)26-9-11-30-12-10-26)32-21-6-4-3-5-20(21)27/h3-8,15,22H,9-14H2,1-2H3. The molecular weight excluding hydrogens is 408 g/mol. The van der Waals surface area contributed by atoms with Crippen LogP contribution in [0, 0.1) is 13.8 Å². The summed E-state index contributed by atoms with van der Waals surface area (Å²) in [6.45, 7) is 6.35. The summed E-state index contributed by atoms with van der Waals surface area (Å²) in [5.74, 6) is 0.337. The summed E-state index contributed by atoms with van der Waals surface area (Å²) in [4.78, 5) is 30.0. The summed E-state index contributed by atoms with van der Waals surface area (Å²) >= 11 is 0. The van der Waals surface area contributed by atoms with Gasteiger partial charge < -0.3 is 23.7 Å². The maximum atomic E-state index is 13.5. The van der Waals surface area contributed by atoms with Crippen LogP contribution in [-0.2, 0) is 20.7 Å². The van der Waals surface area contributed by atoms with Gasteiger partial charge in [0.05, 0.1) is 38.1 Å². The van der Waals surface area contributed by atoms with Gasteiger partial charge in [-0.2, -0.15) is 0 Å². The molecule has 32 heavy (non-hydrogen) atoms. The average Bonchev–Trinajstić information content (AvgIpc) is 3.24. The Morgan fingerprint density at radius 1 is 1.06 bits per heavy atom. The number of morpholine rings is 1. The van der Waals surface area contributed by atoms with Crippen LogP contribution in [0.4, 0.5) is 5.69 Å². The summed E-state index contributed by atoms with van der Waals surface area (Å²) in [5.41, 5.74) is 4.57. The van der Waals surface area contributed by atoms with Gasteiger partial charge in [0.25, 0.3) is 5.91 Å². The van der Waals surface area contributed by atoms with Gasteiger partial charge in [-0.15, -0.1) is 0 Å². The van der Waals surface area contributed by atoms with E-state index in [9.17, 15) is 9.59 Å². The van der Waals surface area contributed by atoms with Crippen molar-refractivity contribution in [1.82, 2.24) is 4.90 Å². The van der Waals surface area contributed by atoms with Crippen molar-refractivity contribution in [1.29, 1.82) is 0 Å². The molecule has 3 aromatic rings. The topological polar surface area (TPSA) is 72.2 Å². The third kappa shape index (κ3) is 3.62. The number of aryl methyl sites for hydroxylation is 2. The lowest BCUT2D eigenvalue weighted by molar-refractivity contribution is -0.142. The molecule has 3 heterocycles. The van der Waals surface area contributed by atoms with Crippen LogP contribution in [-0.4, -0.2) is 55.7 Å². The fourth-order valence-electron chi connectivity index (χ4n) is 4.37. The number of ether oxygens (including phenoxy) is 2. The third-order valence-electron chi connectivity index (χ3n) is 6.36. The first-order chi connectivity index (χ1) is 15.5. The Bertz CT molecular complexity index is 1180. The normalized spacial score (nSPS) is 18.4. The highest BCUT2D eigenvalue weighted by molar-refractivity contribution is 6.00. The van der Waals surface area contributed by atoms with Crippen molar-refractivity contribution < 1.29 is 23.5 Å². The first kappa shape index (κ1) is 20.6. The van der Waals surface area contributed by atoms with E-state index in [4.69, 9.17) is 13.9 Å². The third-order valence-corrected chi connectivity index (χ3v) is 6.36. The van der Waals surface area contributed by atoms with Crippen LogP contribution < -0.4 is 9.64 Å². The van der Waals surface area contributed by atoms with Crippen LogP contribution in [0.1, 0.15) is 16.7 Å². The molecule has 166 valence electrons. The van der Waals surface area contributed by atoms with Gasteiger partial charge >= 0.3 is 0 Å². The van der Waals surface area contributed by atoms with Gasteiger partial charge in [-0.1, -0.05) is 24.3 Å². The van der Waals surface area contributed by atoms with E-state index in [2.05, 4.69) is 0 Å². The fraction of sp³-hybridized carbons (Fsp3) is 0.360. The van der Waals surface area contributed by atoms with E-state index in [0.29, 0.717) is 37.7 Å². The van der Waals surface area contributed by atoms with E-state index < -0.39 is 6.10 Å². The molecule has 0 N–H and O–H groups in total. The van der Waals surface area contributed by atoms with E-state index in [0.717, 1.165) is 27.7 Å². The molecule has 1 aromatic heterocycles. The van der Waals surface area contributed by atoms with Gasteiger partial charge in [0.1, 0.15) is 11.3 Å². The van der Waals surface area contributed by atoms with Gasteiger partial charge in [-0.3, -0.25) is 9.59 Å². The van der Waals surface area contributed by atoms with E-state index in [-0.39, 0.29) is 24.8 Å². The van der Waals surface area contributed by atoms with E-state index in [1.807, 2.05) is 44.2 Å². The number of carbonyl (C=O) groups is 2. The van der Waals surface area contributed by atoms with Crippen LogP contribution in [0.15, 0.2) is 47.1 Å². The van der Waals surface area contributed by atoms with Gasteiger partial charge in [0.15, 0.2) is 6.10 Å². The molecule has 0 bridgehead atoms. The molecular formula is C25H26N2O5. The second-order valence-electron chi connectivity index (χ2n) is 8.34. The number of fused-ring (bicyclic) bond motifs is 2. The zero-order chi connectivity index (χ0) is 22.2. The van der Waals surface area contributed by atoms with Crippen molar-refractivity contribution in [2.45, 2.75) is 26.4 Å². The Morgan fingerprint density at radius 3 is 2.66 bits per heavy atom. The molecule has 1 atom stereocenters. The number of hydrogen-bond acceptors (Lipinski definition) is 5. The summed E-state index contributed by atoms with van der Waals surface area (Å²) < 4.78 is 17.2.